The van der Waals surface area contributed by atoms with Gasteiger partial charge in [0, 0.05) is 43.4 Å². The number of likely N-dealkylation sites (tertiary alicyclic amines) is 1. The first-order chi connectivity index (χ1) is 13.6. The molecule has 2 saturated heterocycles. The van der Waals surface area contributed by atoms with Gasteiger partial charge >= 0.3 is 0 Å². The van der Waals surface area contributed by atoms with Crippen molar-refractivity contribution in [2.75, 3.05) is 31.1 Å². The van der Waals surface area contributed by atoms with Gasteiger partial charge in [-0.1, -0.05) is 6.08 Å². The monoisotopic (exact) mass is 382 g/mol. The van der Waals surface area contributed by atoms with Gasteiger partial charge < -0.3 is 4.90 Å². The average molecular weight is 383 g/mol. The van der Waals surface area contributed by atoms with Gasteiger partial charge in [-0.15, -0.1) is 6.58 Å². The molecule has 4 rings (SSSR count). The molecule has 0 spiro atoms. The van der Waals surface area contributed by atoms with Crippen molar-refractivity contribution < 1.29 is 0 Å². The number of H-pyrrole nitrogens is 1. The molecule has 7 heteroatoms. The van der Waals surface area contributed by atoms with Gasteiger partial charge in [0.15, 0.2) is 0 Å². The zero-order chi connectivity index (χ0) is 19.5. The fourth-order valence-corrected chi connectivity index (χ4v) is 4.32. The summed E-state index contributed by atoms with van der Waals surface area (Å²) in [7, 11) is 0. The number of hydrogen-bond donors (Lipinski definition) is 1. The maximum Gasteiger partial charge on any atom is 0.252 e. The Morgan fingerprint density at radius 3 is 2.71 bits per heavy atom. The lowest BCUT2D eigenvalue weighted by Gasteiger charge is -2.31. The zero-order valence-electron chi connectivity index (χ0n) is 16.7. The molecule has 0 aliphatic carbocycles. The molecule has 2 aliphatic heterocycles. The number of piperidine rings is 1. The van der Waals surface area contributed by atoms with Crippen LogP contribution in [-0.2, 0) is 13.1 Å². The first-order valence-electron chi connectivity index (χ1n) is 10.3. The van der Waals surface area contributed by atoms with E-state index in [0.717, 1.165) is 69.4 Å². The van der Waals surface area contributed by atoms with E-state index in [-0.39, 0.29) is 5.56 Å². The van der Waals surface area contributed by atoms with Crippen LogP contribution in [-0.4, -0.2) is 50.8 Å². The molecule has 0 saturated carbocycles. The number of nitrogens with one attached hydrogen (secondary N) is 1. The molecular weight excluding hydrogens is 352 g/mol. The first-order valence-corrected chi connectivity index (χ1v) is 10.3. The van der Waals surface area contributed by atoms with Gasteiger partial charge in [-0.3, -0.25) is 19.4 Å². The second-order valence-corrected chi connectivity index (χ2v) is 7.99. The van der Waals surface area contributed by atoms with E-state index in [1.807, 2.05) is 10.8 Å². The third kappa shape index (κ3) is 4.19. The number of hydrogen-bond acceptors (Lipinski definition) is 5. The topological polar surface area (TPSA) is 70.1 Å². The maximum atomic E-state index is 12.2. The summed E-state index contributed by atoms with van der Waals surface area (Å²) >= 11 is 0. The van der Waals surface area contributed by atoms with Crippen LogP contribution in [0.5, 0.6) is 0 Å². The lowest BCUT2D eigenvalue weighted by Crippen LogP contribution is -2.33. The van der Waals surface area contributed by atoms with Crippen molar-refractivity contribution in [2.45, 2.75) is 51.6 Å². The summed E-state index contributed by atoms with van der Waals surface area (Å²) in [6, 6.07) is 1.70. The summed E-state index contributed by atoms with van der Waals surface area (Å²) in [5.74, 6) is 1.12. The van der Waals surface area contributed by atoms with Crippen LogP contribution in [0.1, 0.15) is 48.6 Å². The van der Waals surface area contributed by atoms with E-state index in [2.05, 4.69) is 39.6 Å². The van der Waals surface area contributed by atoms with E-state index >= 15 is 0 Å². The molecule has 2 aromatic rings. The van der Waals surface area contributed by atoms with Crippen molar-refractivity contribution in [1.29, 1.82) is 0 Å². The lowest BCUT2D eigenvalue weighted by atomic mass is 9.93. The molecule has 0 amide bonds. The predicted octanol–water partition coefficient (Wildman–Crippen LogP) is 2.44. The number of nitrogens with zero attached hydrogens (tertiary/aromatic N) is 5. The summed E-state index contributed by atoms with van der Waals surface area (Å²) in [5.41, 5.74) is 3.31. The van der Waals surface area contributed by atoms with Crippen LogP contribution >= 0.6 is 0 Å². The molecule has 2 aliphatic rings. The van der Waals surface area contributed by atoms with Crippen molar-refractivity contribution in [3.8, 4) is 0 Å². The van der Waals surface area contributed by atoms with Crippen LogP contribution in [0.3, 0.4) is 0 Å². The Balaban J connectivity index is 1.39. The zero-order valence-corrected chi connectivity index (χ0v) is 16.7. The highest BCUT2D eigenvalue weighted by Crippen LogP contribution is 2.28. The molecule has 4 heterocycles. The van der Waals surface area contributed by atoms with E-state index < -0.39 is 0 Å². The van der Waals surface area contributed by atoms with Crippen LogP contribution in [0.15, 0.2) is 29.7 Å². The molecule has 0 unspecified atom stereocenters. The number of rotatable bonds is 6. The van der Waals surface area contributed by atoms with Gasteiger partial charge in [-0.25, -0.2) is 4.98 Å². The molecule has 1 N–H and O–H groups in total. The highest BCUT2D eigenvalue weighted by atomic mass is 16.1. The Morgan fingerprint density at radius 2 is 2.00 bits per heavy atom. The molecule has 2 aromatic heterocycles. The van der Waals surface area contributed by atoms with Crippen molar-refractivity contribution in [3.63, 3.8) is 0 Å². The van der Waals surface area contributed by atoms with Crippen LogP contribution in [0.25, 0.3) is 0 Å². The standard InChI is InChI=1S/C21H30N6O/c1-3-8-27-15-18(16(2)24-27)14-25-11-6-17(7-12-25)19-13-20(28)23-21(22-19)26-9-4-5-10-26/h3,13,15,17H,1,4-12,14H2,2H3,(H,22,23,28). The normalized spacial score (nSPS) is 18.7. The number of aromatic nitrogens is 4. The quantitative estimate of drug-likeness (QED) is 0.777. The first kappa shape index (κ1) is 18.9. The smallest absolute Gasteiger partial charge is 0.252 e. The molecule has 0 aromatic carbocycles. The Labute approximate surface area is 166 Å². The van der Waals surface area contributed by atoms with Crippen LogP contribution in [0.4, 0.5) is 5.95 Å². The van der Waals surface area contributed by atoms with Crippen LogP contribution in [0.2, 0.25) is 0 Å². The third-order valence-electron chi connectivity index (χ3n) is 5.92. The molecule has 2 fully saturated rings. The minimum absolute atomic E-state index is 0.0282. The molecule has 28 heavy (non-hydrogen) atoms. The van der Waals surface area contributed by atoms with Crippen LogP contribution in [0, 0.1) is 6.92 Å². The largest absolute Gasteiger partial charge is 0.342 e. The van der Waals surface area contributed by atoms with Crippen molar-refractivity contribution >= 4 is 5.95 Å². The molecular formula is C21H30N6O. The number of aryl methyl sites for hydroxylation is 1. The summed E-state index contributed by atoms with van der Waals surface area (Å²) < 4.78 is 1.95. The average Bonchev–Trinajstić information content (AvgIpc) is 3.33. The van der Waals surface area contributed by atoms with Crippen molar-refractivity contribution in [1.82, 2.24) is 24.6 Å². The Kier molecular flexibility index (Phi) is 5.62. The van der Waals surface area contributed by atoms with E-state index in [1.165, 1.54) is 18.4 Å². The summed E-state index contributed by atoms with van der Waals surface area (Å²) in [6.45, 7) is 11.5. The Bertz CT molecular complexity index is 871. The van der Waals surface area contributed by atoms with E-state index in [4.69, 9.17) is 4.98 Å². The second-order valence-electron chi connectivity index (χ2n) is 7.99. The van der Waals surface area contributed by atoms with Crippen molar-refractivity contribution in [3.05, 3.63) is 52.2 Å². The minimum atomic E-state index is -0.0282. The fraction of sp³-hybridized carbons (Fsp3) is 0.571. The lowest BCUT2D eigenvalue weighted by molar-refractivity contribution is 0.203. The van der Waals surface area contributed by atoms with Gasteiger partial charge in [0.2, 0.25) is 5.95 Å². The Hall–Kier alpha value is -2.41. The van der Waals surface area contributed by atoms with E-state index in [1.54, 1.807) is 6.07 Å². The van der Waals surface area contributed by atoms with Crippen molar-refractivity contribution in [2.24, 2.45) is 0 Å². The maximum absolute atomic E-state index is 12.2. The van der Waals surface area contributed by atoms with Gasteiger partial charge in [0.25, 0.3) is 5.56 Å². The van der Waals surface area contributed by atoms with Gasteiger partial charge in [0.05, 0.1) is 17.9 Å². The fourth-order valence-electron chi connectivity index (χ4n) is 4.32. The minimum Gasteiger partial charge on any atom is -0.342 e. The molecule has 0 radical (unpaired) electrons. The van der Waals surface area contributed by atoms with Gasteiger partial charge in [-0.05, 0) is 45.7 Å². The second kappa shape index (κ2) is 8.31. The summed E-state index contributed by atoms with van der Waals surface area (Å²) in [5, 5.41) is 4.55. The summed E-state index contributed by atoms with van der Waals surface area (Å²) in [4.78, 5) is 24.6. The van der Waals surface area contributed by atoms with Gasteiger partial charge in [-0.2, -0.15) is 5.10 Å². The molecule has 7 nitrogen and oxygen atoms in total. The number of anilines is 1. The number of aromatic amines is 1. The summed E-state index contributed by atoms with van der Waals surface area (Å²) in [6.07, 6.45) is 8.42. The third-order valence-corrected chi connectivity index (χ3v) is 5.92. The van der Waals surface area contributed by atoms with E-state index in [9.17, 15) is 4.79 Å². The molecule has 0 bridgehead atoms. The Morgan fingerprint density at radius 1 is 1.25 bits per heavy atom. The van der Waals surface area contributed by atoms with Crippen LogP contribution < -0.4 is 10.5 Å². The number of allylic oxidation sites excluding steroid dienone is 1. The predicted molar refractivity (Wildman–Crippen MR) is 111 cm³/mol. The molecule has 150 valence electrons. The van der Waals surface area contributed by atoms with E-state index in [0.29, 0.717) is 5.92 Å². The van der Waals surface area contributed by atoms with Gasteiger partial charge in [0.1, 0.15) is 0 Å². The highest BCUT2D eigenvalue weighted by Gasteiger charge is 2.24. The molecule has 0 atom stereocenters. The highest BCUT2D eigenvalue weighted by molar-refractivity contribution is 5.32. The SMILES string of the molecule is C=CCn1cc(CN2CCC(c3cc(=O)[nH]c(N4CCCC4)n3)CC2)c(C)n1.